The zero-order valence-corrected chi connectivity index (χ0v) is 28.1. The van der Waals surface area contributed by atoms with Crippen LogP contribution in [0.5, 0.6) is 0 Å². The van der Waals surface area contributed by atoms with E-state index in [1.807, 2.05) is 82.3 Å². The minimum absolute atomic E-state index is 0.0459. The van der Waals surface area contributed by atoms with E-state index >= 15 is 0 Å². The van der Waals surface area contributed by atoms with Crippen LogP contribution in [0.4, 0.5) is 0 Å². The molecule has 7 aromatic rings. The third-order valence-corrected chi connectivity index (χ3v) is 9.88. The molecule has 2 atom stereocenters. The summed E-state index contributed by atoms with van der Waals surface area (Å²) >= 11 is 0. The van der Waals surface area contributed by atoms with Crippen LogP contribution in [0.1, 0.15) is 66.1 Å². The van der Waals surface area contributed by atoms with Crippen LogP contribution in [0.25, 0.3) is 32.3 Å². The molecule has 1 aliphatic heterocycles. The molecule has 3 aromatic heterocycles. The summed E-state index contributed by atoms with van der Waals surface area (Å²) in [5, 5.41) is 34.4. The molecule has 7 N–H and O–H groups in total. The van der Waals surface area contributed by atoms with Crippen molar-refractivity contribution in [2.45, 2.75) is 45.4 Å². The number of rotatable bonds is 6. The summed E-state index contributed by atoms with van der Waals surface area (Å²) in [6.45, 7) is 8.47. The number of imidazole rings is 2. The zero-order chi connectivity index (χ0) is 35.2. The molecule has 0 radical (unpaired) electrons. The van der Waals surface area contributed by atoms with Crippen molar-refractivity contribution in [3.8, 4) is 0 Å². The number of H-pyrrole nitrogens is 3. The van der Waals surface area contributed by atoms with E-state index in [1.165, 1.54) is 0 Å². The highest BCUT2D eigenvalue weighted by Crippen LogP contribution is 2.39. The summed E-state index contributed by atoms with van der Waals surface area (Å²) in [6.07, 6.45) is 8.10. The Labute approximate surface area is 287 Å². The number of nitrogens with zero attached hydrogens (tertiary/aromatic N) is 3. The standard InChI is InChI=1S/C19H20N4O2.C19H18N4O2/c2*1-11(2)19(25,17-9-20-10-21-17)13-4-6-14-12(7-13)3-5-15-16(14)8-22-23-18(15)24/h3-7,9-11,22,25H,8H2,1-2H3,(H,20,21)(H,23,24);3-11,25H,1-2H3,(H,20,21)(H,23,24). The van der Waals surface area contributed by atoms with Gasteiger partial charge in [0.1, 0.15) is 11.2 Å². The number of carbonyl (C=O) groups excluding carboxylic acids is 1. The summed E-state index contributed by atoms with van der Waals surface area (Å²) in [7, 11) is 0. The van der Waals surface area contributed by atoms with Crippen LogP contribution in [0.3, 0.4) is 0 Å². The Bertz CT molecular complexity index is 2400. The molecule has 0 fully saturated rings. The second-order valence-electron chi connectivity index (χ2n) is 13.3. The van der Waals surface area contributed by atoms with Gasteiger partial charge in [0.05, 0.1) is 48.0 Å². The van der Waals surface area contributed by atoms with Gasteiger partial charge in [-0.05, 0) is 74.3 Å². The Hall–Kier alpha value is -5.69. The van der Waals surface area contributed by atoms with Gasteiger partial charge in [-0.15, -0.1) is 0 Å². The van der Waals surface area contributed by atoms with Crippen LogP contribution < -0.4 is 16.4 Å². The van der Waals surface area contributed by atoms with Gasteiger partial charge in [0.2, 0.25) is 0 Å². The quantitative estimate of drug-likeness (QED) is 0.122. The highest BCUT2D eigenvalue weighted by atomic mass is 16.3. The number of benzene rings is 4. The molecule has 0 saturated carbocycles. The van der Waals surface area contributed by atoms with Gasteiger partial charge in [0, 0.05) is 17.5 Å². The van der Waals surface area contributed by atoms with Crippen molar-refractivity contribution in [2.75, 3.05) is 0 Å². The molecule has 0 saturated heterocycles. The predicted octanol–water partition coefficient (Wildman–Crippen LogP) is 4.89. The highest BCUT2D eigenvalue weighted by molar-refractivity contribution is 6.07. The van der Waals surface area contributed by atoms with E-state index in [4.69, 9.17) is 0 Å². The molecule has 50 heavy (non-hydrogen) atoms. The number of aromatic nitrogens is 6. The molecule has 12 heteroatoms. The van der Waals surface area contributed by atoms with Crippen LogP contribution >= 0.6 is 0 Å². The van der Waals surface area contributed by atoms with Gasteiger partial charge < -0.3 is 20.2 Å². The molecule has 254 valence electrons. The summed E-state index contributed by atoms with van der Waals surface area (Å²) < 4.78 is 0. The summed E-state index contributed by atoms with van der Waals surface area (Å²) in [4.78, 5) is 38.1. The van der Waals surface area contributed by atoms with E-state index in [-0.39, 0.29) is 23.3 Å². The maximum atomic E-state index is 12.0. The fourth-order valence-electron chi connectivity index (χ4n) is 6.99. The molecular weight excluding hydrogens is 632 g/mol. The van der Waals surface area contributed by atoms with E-state index in [0.29, 0.717) is 28.9 Å². The van der Waals surface area contributed by atoms with Crippen molar-refractivity contribution < 1.29 is 15.0 Å². The first-order valence-electron chi connectivity index (χ1n) is 16.5. The van der Waals surface area contributed by atoms with Crippen molar-refractivity contribution in [1.82, 2.24) is 41.0 Å². The smallest absolute Gasteiger partial charge is 0.272 e. The van der Waals surface area contributed by atoms with Crippen LogP contribution in [0.2, 0.25) is 0 Å². The third kappa shape index (κ3) is 5.34. The van der Waals surface area contributed by atoms with Gasteiger partial charge in [-0.25, -0.2) is 20.5 Å². The third-order valence-electron chi connectivity index (χ3n) is 9.88. The van der Waals surface area contributed by atoms with E-state index in [1.54, 1.807) is 37.3 Å². The average Bonchev–Trinajstić information content (AvgIpc) is 3.87. The van der Waals surface area contributed by atoms with Gasteiger partial charge in [0.15, 0.2) is 0 Å². The Balaban J connectivity index is 0.000000157. The Kier molecular flexibility index (Phi) is 8.30. The number of aliphatic hydroxyl groups is 2. The minimum atomic E-state index is -1.17. The lowest BCUT2D eigenvalue weighted by Crippen LogP contribution is -2.42. The number of nitrogens with one attached hydrogen (secondary N) is 5. The number of amides is 1. The molecule has 1 aliphatic rings. The van der Waals surface area contributed by atoms with Crippen LogP contribution in [0.15, 0.2) is 96.7 Å². The molecule has 1 amide bonds. The fourth-order valence-corrected chi connectivity index (χ4v) is 6.99. The Morgan fingerprint density at radius 3 is 1.82 bits per heavy atom. The Morgan fingerprint density at radius 2 is 1.24 bits per heavy atom. The number of hydrogen-bond donors (Lipinski definition) is 7. The monoisotopic (exact) mass is 670 g/mol. The molecular formula is C38H38N8O4. The lowest BCUT2D eigenvalue weighted by Gasteiger charge is -2.32. The van der Waals surface area contributed by atoms with E-state index in [0.717, 1.165) is 43.6 Å². The molecule has 2 unspecified atom stereocenters. The normalized spacial score (nSPS) is 15.4. The minimum Gasteiger partial charge on any atom is -0.379 e. The van der Waals surface area contributed by atoms with Crippen LogP contribution in [-0.4, -0.2) is 46.3 Å². The number of hydrogen-bond acceptors (Lipinski definition) is 8. The lowest BCUT2D eigenvalue weighted by atomic mass is 9.80. The molecule has 8 rings (SSSR count). The molecule has 4 heterocycles. The highest BCUT2D eigenvalue weighted by Gasteiger charge is 2.38. The topological polar surface area (TPSA) is 185 Å². The second-order valence-corrected chi connectivity index (χ2v) is 13.3. The lowest BCUT2D eigenvalue weighted by molar-refractivity contribution is 0.0279. The average molecular weight is 671 g/mol. The number of fused-ring (bicyclic) bond motifs is 6. The van der Waals surface area contributed by atoms with E-state index in [9.17, 15) is 19.8 Å². The summed E-state index contributed by atoms with van der Waals surface area (Å²) in [5.74, 6) is -0.228. The number of hydrazine groups is 1. The van der Waals surface area contributed by atoms with E-state index < -0.39 is 11.2 Å². The number of aromatic amines is 3. The summed E-state index contributed by atoms with van der Waals surface area (Å²) in [6, 6.07) is 19.1. The van der Waals surface area contributed by atoms with Crippen molar-refractivity contribution in [1.29, 1.82) is 0 Å². The molecule has 0 aliphatic carbocycles. The van der Waals surface area contributed by atoms with Gasteiger partial charge in [-0.1, -0.05) is 64.1 Å². The van der Waals surface area contributed by atoms with Gasteiger partial charge in [0.25, 0.3) is 11.5 Å². The van der Waals surface area contributed by atoms with E-state index in [2.05, 4.69) is 41.0 Å². The first-order valence-corrected chi connectivity index (χ1v) is 16.5. The largest absolute Gasteiger partial charge is 0.379 e. The fraction of sp³-hybridized carbons (Fsp3) is 0.237. The van der Waals surface area contributed by atoms with Crippen molar-refractivity contribution in [3.05, 3.63) is 136 Å². The van der Waals surface area contributed by atoms with Gasteiger partial charge in [-0.2, -0.15) is 5.10 Å². The van der Waals surface area contributed by atoms with Crippen molar-refractivity contribution in [2.24, 2.45) is 11.8 Å². The summed E-state index contributed by atoms with van der Waals surface area (Å²) in [5.41, 5.74) is 7.55. The van der Waals surface area contributed by atoms with Crippen molar-refractivity contribution in [3.63, 3.8) is 0 Å². The Morgan fingerprint density at radius 1 is 0.680 bits per heavy atom. The first-order chi connectivity index (χ1) is 24.0. The molecule has 0 spiro atoms. The van der Waals surface area contributed by atoms with Gasteiger partial charge in [-0.3, -0.25) is 15.0 Å². The van der Waals surface area contributed by atoms with Crippen molar-refractivity contribution >= 4 is 38.2 Å². The SMILES string of the molecule is CC(C)C(O)(c1ccc2c(ccc3c(=O)[nH]ncc32)c1)c1cnc[nH]1.CC(C)C(O)(c1ccc2c3c(ccc2c1)C(=O)NNC3)c1cnc[nH]1. The van der Waals surface area contributed by atoms with Crippen LogP contribution in [-0.2, 0) is 17.7 Å². The van der Waals surface area contributed by atoms with Crippen LogP contribution in [0, 0.1) is 11.8 Å². The maximum absolute atomic E-state index is 12.0. The molecule has 12 nitrogen and oxygen atoms in total. The number of carbonyl (C=O) groups is 1. The zero-order valence-electron chi connectivity index (χ0n) is 28.1. The maximum Gasteiger partial charge on any atom is 0.272 e. The second kappa shape index (κ2) is 12.6. The predicted molar refractivity (Wildman–Crippen MR) is 191 cm³/mol. The molecule has 0 bridgehead atoms. The van der Waals surface area contributed by atoms with Gasteiger partial charge >= 0.3 is 0 Å². The molecule has 4 aromatic carbocycles. The first kappa shape index (κ1) is 32.8.